The summed E-state index contributed by atoms with van der Waals surface area (Å²) >= 11 is 0. The van der Waals surface area contributed by atoms with Crippen LogP contribution in [0.4, 0.5) is 0 Å². The van der Waals surface area contributed by atoms with Crippen LogP contribution in [0.15, 0.2) is 30.3 Å². The molecule has 0 unspecified atom stereocenters. The highest BCUT2D eigenvalue weighted by molar-refractivity contribution is 5.93. The summed E-state index contributed by atoms with van der Waals surface area (Å²) in [5.74, 6) is -1.18. The molecule has 1 aliphatic rings. The van der Waals surface area contributed by atoms with Gasteiger partial charge in [-0.2, -0.15) is 5.10 Å². The van der Waals surface area contributed by atoms with E-state index in [1.165, 1.54) is 0 Å². The summed E-state index contributed by atoms with van der Waals surface area (Å²) in [5, 5.41) is 18.6. The van der Waals surface area contributed by atoms with E-state index in [1.807, 2.05) is 31.2 Å². The number of aromatic amines is 1. The number of aromatic nitrogens is 2. The highest BCUT2D eigenvalue weighted by Gasteiger charge is 2.50. The molecule has 114 valence electrons. The van der Waals surface area contributed by atoms with Gasteiger partial charge < -0.3 is 10.4 Å². The molecule has 1 amide bonds. The van der Waals surface area contributed by atoms with E-state index in [2.05, 4.69) is 15.5 Å². The van der Waals surface area contributed by atoms with E-state index in [-0.39, 0.29) is 12.5 Å². The number of nitrogens with one attached hydrogen (secondary N) is 2. The van der Waals surface area contributed by atoms with Gasteiger partial charge in [0.1, 0.15) is 5.69 Å². The highest BCUT2D eigenvalue weighted by Crippen LogP contribution is 2.45. The minimum absolute atomic E-state index is 0.153. The van der Waals surface area contributed by atoms with Gasteiger partial charge in [-0.25, -0.2) is 0 Å². The number of hydrogen-bond donors (Lipinski definition) is 3. The second kappa shape index (κ2) is 5.29. The van der Waals surface area contributed by atoms with Crippen LogP contribution in [-0.4, -0.2) is 33.7 Å². The molecule has 3 rings (SSSR count). The molecule has 1 aromatic heterocycles. The number of carboxylic acids is 1. The van der Waals surface area contributed by atoms with Crippen LogP contribution in [0.3, 0.4) is 0 Å². The third-order valence-electron chi connectivity index (χ3n) is 4.06. The Kier molecular flexibility index (Phi) is 3.44. The van der Waals surface area contributed by atoms with E-state index in [9.17, 15) is 9.59 Å². The minimum atomic E-state index is -0.849. The van der Waals surface area contributed by atoms with Crippen molar-refractivity contribution in [2.75, 3.05) is 6.54 Å². The Morgan fingerprint density at radius 2 is 2.00 bits per heavy atom. The molecule has 0 atom stereocenters. The van der Waals surface area contributed by atoms with Gasteiger partial charge in [-0.15, -0.1) is 0 Å². The number of benzene rings is 1. The maximum atomic E-state index is 12.1. The molecule has 0 radical (unpaired) electrons. The first-order valence-corrected chi connectivity index (χ1v) is 7.14. The molecule has 6 heteroatoms. The van der Waals surface area contributed by atoms with Crippen LogP contribution < -0.4 is 5.32 Å². The quantitative estimate of drug-likeness (QED) is 0.786. The normalized spacial score (nSPS) is 15.3. The number of aryl methyl sites for hydroxylation is 1. The van der Waals surface area contributed by atoms with E-state index >= 15 is 0 Å². The molecule has 1 heterocycles. The second-order valence-corrected chi connectivity index (χ2v) is 5.80. The van der Waals surface area contributed by atoms with Gasteiger partial charge in [-0.3, -0.25) is 14.7 Å². The van der Waals surface area contributed by atoms with Crippen LogP contribution in [0.25, 0.3) is 11.3 Å². The molecule has 3 N–H and O–H groups in total. The van der Waals surface area contributed by atoms with E-state index in [1.54, 1.807) is 6.07 Å². The average molecular weight is 299 g/mol. The van der Waals surface area contributed by atoms with Crippen LogP contribution in [0.1, 0.15) is 28.9 Å². The molecule has 0 saturated heterocycles. The fraction of sp³-hybridized carbons (Fsp3) is 0.312. The molecule has 2 aromatic rings. The smallest absolute Gasteiger partial charge is 0.311 e. The first-order valence-electron chi connectivity index (χ1n) is 7.14. The lowest BCUT2D eigenvalue weighted by Gasteiger charge is -2.09. The number of carbonyl (C=O) groups excluding carboxylic acids is 1. The number of amides is 1. The Balaban J connectivity index is 1.67. The Morgan fingerprint density at radius 3 is 2.59 bits per heavy atom. The van der Waals surface area contributed by atoms with Gasteiger partial charge in [0, 0.05) is 12.1 Å². The maximum absolute atomic E-state index is 12.1. The number of nitrogens with zero attached hydrogens (tertiary/aromatic N) is 1. The second-order valence-electron chi connectivity index (χ2n) is 5.80. The predicted octanol–water partition coefficient (Wildman–Crippen LogP) is 1.98. The van der Waals surface area contributed by atoms with Crippen LogP contribution >= 0.6 is 0 Å². The Bertz CT molecular complexity index is 714. The molecular formula is C16H17N3O3. The number of H-pyrrole nitrogens is 1. The Morgan fingerprint density at radius 1 is 1.32 bits per heavy atom. The van der Waals surface area contributed by atoms with Crippen LogP contribution in [0, 0.1) is 12.3 Å². The Labute approximate surface area is 127 Å². The topological polar surface area (TPSA) is 95.1 Å². The van der Waals surface area contributed by atoms with Crippen LogP contribution in [0.5, 0.6) is 0 Å². The lowest BCUT2D eigenvalue weighted by molar-refractivity contribution is -0.143. The summed E-state index contributed by atoms with van der Waals surface area (Å²) in [6.45, 7) is 2.16. The fourth-order valence-electron chi connectivity index (χ4n) is 2.27. The molecule has 0 spiro atoms. The van der Waals surface area contributed by atoms with Gasteiger partial charge >= 0.3 is 5.97 Å². The fourth-order valence-corrected chi connectivity index (χ4v) is 2.27. The molecule has 6 nitrogen and oxygen atoms in total. The van der Waals surface area contributed by atoms with E-state index < -0.39 is 11.4 Å². The van der Waals surface area contributed by atoms with Gasteiger partial charge in [0.25, 0.3) is 5.91 Å². The lowest BCUT2D eigenvalue weighted by atomic mass is 10.1. The van der Waals surface area contributed by atoms with Crippen molar-refractivity contribution in [3.05, 3.63) is 41.6 Å². The number of carboxylic acid groups (broad SMARTS) is 1. The van der Waals surface area contributed by atoms with Crippen LogP contribution in [0.2, 0.25) is 0 Å². The number of rotatable bonds is 5. The van der Waals surface area contributed by atoms with Gasteiger partial charge in [0.15, 0.2) is 0 Å². The summed E-state index contributed by atoms with van der Waals surface area (Å²) in [5.41, 5.74) is 2.32. The average Bonchev–Trinajstić information content (AvgIpc) is 3.15. The summed E-state index contributed by atoms with van der Waals surface area (Å²) in [6.07, 6.45) is 1.22. The van der Waals surface area contributed by atoms with Crippen molar-refractivity contribution in [2.45, 2.75) is 19.8 Å². The molecule has 1 aliphatic carbocycles. The first-order chi connectivity index (χ1) is 10.5. The highest BCUT2D eigenvalue weighted by atomic mass is 16.4. The van der Waals surface area contributed by atoms with Crippen molar-refractivity contribution in [3.8, 4) is 11.3 Å². The van der Waals surface area contributed by atoms with Crippen molar-refractivity contribution >= 4 is 11.9 Å². The molecule has 1 saturated carbocycles. The van der Waals surface area contributed by atoms with Gasteiger partial charge in [-0.1, -0.05) is 29.8 Å². The maximum Gasteiger partial charge on any atom is 0.311 e. The zero-order valence-electron chi connectivity index (χ0n) is 12.2. The van der Waals surface area contributed by atoms with E-state index in [4.69, 9.17) is 5.11 Å². The molecule has 0 bridgehead atoms. The van der Waals surface area contributed by atoms with Crippen molar-refractivity contribution in [3.63, 3.8) is 0 Å². The Hall–Kier alpha value is -2.63. The summed E-state index contributed by atoms with van der Waals surface area (Å²) in [4.78, 5) is 23.1. The molecule has 0 aliphatic heterocycles. The third kappa shape index (κ3) is 2.72. The zero-order chi connectivity index (χ0) is 15.7. The number of hydrogen-bond acceptors (Lipinski definition) is 3. The molecule has 1 aromatic carbocycles. The first kappa shape index (κ1) is 14.3. The van der Waals surface area contributed by atoms with Crippen LogP contribution in [-0.2, 0) is 4.79 Å². The van der Waals surface area contributed by atoms with E-state index in [0.717, 1.165) is 11.1 Å². The number of aliphatic carboxylic acids is 1. The zero-order valence-corrected chi connectivity index (χ0v) is 12.2. The lowest BCUT2D eigenvalue weighted by Crippen LogP contribution is -2.34. The van der Waals surface area contributed by atoms with Crippen molar-refractivity contribution in [1.82, 2.24) is 15.5 Å². The van der Waals surface area contributed by atoms with E-state index in [0.29, 0.717) is 24.2 Å². The monoisotopic (exact) mass is 299 g/mol. The van der Waals surface area contributed by atoms with Gasteiger partial charge in [0.2, 0.25) is 0 Å². The minimum Gasteiger partial charge on any atom is -0.481 e. The predicted molar refractivity (Wildman–Crippen MR) is 80.4 cm³/mol. The molecular weight excluding hydrogens is 282 g/mol. The molecule has 22 heavy (non-hydrogen) atoms. The summed E-state index contributed by atoms with van der Waals surface area (Å²) in [6, 6.07) is 9.51. The van der Waals surface area contributed by atoms with Crippen molar-refractivity contribution in [1.29, 1.82) is 0 Å². The molecule has 1 fully saturated rings. The SMILES string of the molecule is Cc1ccc(-c2cc(C(=O)NCC3(C(=O)O)CC3)[nH]n2)cc1. The summed E-state index contributed by atoms with van der Waals surface area (Å²) < 4.78 is 0. The third-order valence-corrected chi connectivity index (χ3v) is 4.06. The number of carbonyl (C=O) groups is 2. The standard InChI is InChI=1S/C16H17N3O3/c1-10-2-4-11(5-3-10)12-8-13(19-18-12)14(20)17-9-16(6-7-16)15(21)22/h2-5,8H,6-7,9H2,1H3,(H,17,20)(H,18,19)(H,21,22). The largest absolute Gasteiger partial charge is 0.481 e. The summed E-state index contributed by atoms with van der Waals surface area (Å²) in [7, 11) is 0. The van der Waals surface area contributed by atoms with Crippen molar-refractivity contribution in [2.24, 2.45) is 5.41 Å². The van der Waals surface area contributed by atoms with Crippen molar-refractivity contribution < 1.29 is 14.7 Å². The van der Waals surface area contributed by atoms with Gasteiger partial charge in [-0.05, 0) is 25.8 Å². The van der Waals surface area contributed by atoms with Gasteiger partial charge in [0.05, 0.1) is 11.1 Å².